The Labute approximate surface area is 59.2 Å². The molecule has 0 aliphatic heterocycles. The largest absolute Gasteiger partial charge is 0.287 e. The molecule has 0 aromatic rings. The second-order valence-corrected chi connectivity index (χ2v) is 2.17. The first-order chi connectivity index (χ1) is 4.59. The Morgan fingerprint density at radius 2 is 2.20 bits per heavy atom. The molecule has 10 heavy (non-hydrogen) atoms. The summed E-state index contributed by atoms with van der Waals surface area (Å²) in [6.45, 7) is 7.08. The fourth-order valence-corrected chi connectivity index (χ4v) is 0.352. The smallest absolute Gasteiger partial charge is 0.244 e. The number of rotatable bonds is 2. The van der Waals surface area contributed by atoms with E-state index < -0.39 is 5.91 Å². The summed E-state index contributed by atoms with van der Waals surface area (Å²) in [6, 6.07) is 0. The highest BCUT2D eigenvalue weighted by molar-refractivity contribution is 5.93. The van der Waals surface area contributed by atoms with Crippen LogP contribution in [0.4, 0.5) is 0 Å². The van der Waals surface area contributed by atoms with Crippen LogP contribution in [0.1, 0.15) is 13.8 Å². The summed E-state index contributed by atoms with van der Waals surface area (Å²) in [7, 11) is 0. The van der Waals surface area contributed by atoms with Gasteiger partial charge in [-0.1, -0.05) is 20.4 Å². The van der Waals surface area contributed by atoms with Crippen molar-refractivity contribution in [1.29, 1.82) is 0 Å². The number of carbonyl (C=O) groups is 1. The maximum absolute atomic E-state index is 10.7. The molecule has 0 aromatic carbocycles. The Morgan fingerprint density at radius 1 is 1.70 bits per heavy atom. The number of amides is 1. The van der Waals surface area contributed by atoms with Gasteiger partial charge in [0.25, 0.3) is 0 Å². The van der Waals surface area contributed by atoms with Gasteiger partial charge in [0.05, 0.1) is 0 Å². The van der Waals surface area contributed by atoms with Crippen LogP contribution in [0.2, 0.25) is 0 Å². The molecule has 0 spiro atoms. The Hall–Kier alpha value is -1.28. The van der Waals surface area contributed by atoms with Crippen molar-refractivity contribution in [2.24, 2.45) is 11.0 Å². The van der Waals surface area contributed by atoms with Crippen molar-refractivity contribution >= 4 is 5.91 Å². The fourth-order valence-electron chi connectivity index (χ4n) is 0.352. The van der Waals surface area contributed by atoms with Crippen LogP contribution in [-0.2, 0) is 4.79 Å². The average molecular weight is 139 g/mol. The quantitative estimate of drug-likeness (QED) is 0.250. The monoisotopic (exact) mass is 139 g/mol. The van der Waals surface area contributed by atoms with E-state index in [0.717, 1.165) is 0 Å². The van der Waals surface area contributed by atoms with Gasteiger partial charge in [0.1, 0.15) is 0 Å². The number of carbonyl (C=O) groups excluding carboxylic acids is 1. The number of hydrogen-bond donors (Lipinski definition) is 0. The van der Waals surface area contributed by atoms with Crippen LogP contribution in [0.25, 0.3) is 10.4 Å². The lowest BCUT2D eigenvalue weighted by Crippen LogP contribution is -2.02. The van der Waals surface area contributed by atoms with E-state index in [0.29, 0.717) is 5.57 Å². The first kappa shape index (κ1) is 8.72. The minimum Gasteiger partial charge on any atom is -0.287 e. The summed E-state index contributed by atoms with van der Waals surface area (Å²) < 4.78 is 0. The van der Waals surface area contributed by atoms with Crippen molar-refractivity contribution in [1.82, 2.24) is 0 Å². The average Bonchev–Trinajstić information content (AvgIpc) is 1.87. The minimum atomic E-state index is -0.572. The molecular weight excluding hydrogens is 130 g/mol. The molecule has 0 unspecified atom stereocenters. The van der Waals surface area contributed by atoms with Crippen LogP contribution >= 0.6 is 0 Å². The molecule has 0 aliphatic carbocycles. The van der Waals surface area contributed by atoms with Crippen LogP contribution in [0, 0.1) is 5.92 Å². The molecule has 54 valence electrons. The number of hydrogen-bond acceptors (Lipinski definition) is 1. The van der Waals surface area contributed by atoms with Crippen LogP contribution in [-0.4, -0.2) is 5.91 Å². The Kier molecular flexibility index (Phi) is 3.22. The molecule has 0 bridgehead atoms. The third-order valence-electron chi connectivity index (χ3n) is 1.11. The summed E-state index contributed by atoms with van der Waals surface area (Å²) in [5.41, 5.74) is 8.21. The summed E-state index contributed by atoms with van der Waals surface area (Å²) in [6.07, 6.45) is 0. The van der Waals surface area contributed by atoms with Crippen LogP contribution in [0.15, 0.2) is 17.3 Å². The maximum Gasteiger partial charge on any atom is 0.244 e. The van der Waals surface area contributed by atoms with E-state index in [1.165, 1.54) is 0 Å². The van der Waals surface area contributed by atoms with E-state index in [4.69, 9.17) is 5.53 Å². The Bertz CT molecular complexity index is 201. The van der Waals surface area contributed by atoms with E-state index in [1.807, 2.05) is 13.8 Å². The van der Waals surface area contributed by atoms with Crippen LogP contribution < -0.4 is 0 Å². The van der Waals surface area contributed by atoms with Gasteiger partial charge in [0, 0.05) is 4.91 Å². The SMILES string of the molecule is C=C(C(=O)N=[N+]=[N-])C(C)C. The molecular formula is C6H9N3O. The molecule has 0 aliphatic rings. The van der Waals surface area contributed by atoms with E-state index in [9.17, 15) is 4.79 Å². The first-order valence-corrected chi connectivity index (χ1v) is 2.87. The fraction of sp³-hybridized carbons (Fsp3) is 0.500. The topological polar surface area (TPSA) is 65.8 Å². The van der Waals surface area contributed by atoms with Crippen molar-refractivity contribution < 1.29 is 4.79 Å². The molecule has 0 atom stereocenters. The molecule has 4 nitrogen and oxygen atoms in total. The zero-order valence-electron chi connectivity index (χ0n) is 6.03. The highest BCUT2D eigenvalue weighted by atomic mass is 16.1. The molecule has 0 N–H and O–H groups in total. The lowest BCUT2D eigenvalue weighted by molar-refractivity contribution is -0.114. The predicted octanol–water partition coefficient (Wildman–Crippen LogP) is 2.04. The summed E-state index contributed by atoms with van der Waals surface area (Å²) in [4.78, 5) is 13.0. The summed E-state index contributed by atoms with van der Waals surface area (Å²) >= 11 is 0. The molecule has 0 aromatic heterocycles. The first-order valence-electron chi connectivity index (χ1n) is 2.87. The normalized spacial score (nSPS) is 8.70. The van der Waals surface area contributed by atoms with Gasteiger partial charge in [-0.3, -0.25) is 4.79 Å². The second-order valence-electron chi connectivity index (χ2n) is 2.17. The van der Waals surface area contributed by atoms with Gasteiger partial charge in [-0.15, -0.1) is 0 Å². The van der Waals surface area contributed by atoms with Gasteiger partial charge in [0.15, 0.2) is 0 Å². The summed E-state index contributed by atoms with van der Waals surface area (Å²) in [5.74, 6) is -0.532. The zero-order chi connectivity index (χ0) is 8.15. The lowest BCUT2D eigenvalue weighted by atomic mass is 10.1. The van der Waals surface area contributed by atoms with Crippen molar-refractivity contribution in [2.45, 2.75) is 13.8 Å². The lowest BCUT2D eigenvalue weighted by Gasteiger charge is -2.01. The van der Waals surface area contributed by atoms with Crippen LogP contribution in [0.3, 0.4) is 0 Å². The van der Waals surface area contributed by atoms with Crippen molar-refractivity contribution in [2.75, 3.05) is 0 Å². The minimum absolute atomic E-state index is 0.0398. The molecule has 0 saturated carbocycles. The molecule has 0 radical (unpaired) electrons. The third kappa shape index (κ3) is 2.33. The van der Waals surface area contributed by atoms with Gasteiger partial charge in [-0.25, -0.2) is 0 Å². The van der Waals surface area contributed by atoms with Crippen molar-refractivity contribution in [3.8, 4) is 0 Å². The Morgan fingerprint density at radius 3 is 2.50 bits per heavy atom. The number of nitrogens with zero attached hydrogens (tertiary/aromatic N) is 3. The molecule has 0 saturated heterocycles. The molecule has 4 heteroatoms. The standard InChI is InChI=1S/C6H9N3O/c1-4(2)5(3)6(10)8-9-7/h4H,3H2,1-2H3. The highest BCUT2D eigenvalue weighted by Gasteiger charge is 2.07. The molecule has 1 amide bonds. The van der Waals surface area contributed by atoms with E-state index in [1.54, 1.807) is 0 Å². The predicted molar refractivity (Wildman–Crippen MR) is 38.1 cm³/mol. The van der Waals surface area contributed by atoms with Gasteiger partial charge < -0.3 is 0 Å². The Balaban J connectivity index is 4.23. The van der Waals surface area contributed by atoms with Gasteiger partial charge in [0.2, 0.25) is 5.91 Å². The van der Waals surface area contributed by atoms with Crippen LogP contribution in [0.5, 0.6) is 0 Å². The van der Waals surface area contributed by atoms with E-state index in [-0.39, 0.29) is 5.92 Å². The van der Waals surface area contributed by atoms with Crippen molar-refractivity contribution in [3.63, 3.8) is 0 Å². The molecule has 0 heterocycles. The highest BCUT2D eigenvalue weighted by Crippen LogP contribution is 2.07. The maximum atomic E-state index is 10.7. The number of azide groups is 1. The van der Waals surface area contributed by atoms with E-state index in [2.05, 4.69) is 16.6 Å². The second kappa shape index (κ2) is 3.69. The van der Waals surface area contributed by atoms with Gasteiger partial charge in [-0.05, 0) is 22.1 Å². The van der Waals surface area contributed by atoms with Crippen molar-refractivity contribution in [3.05, 3.63) is 22.6 Å². The summed E-state index contributed by atoms with van der Waals surface area (Å²) in [5, 5.41) is 2.89. The van der Waals surface area contributed by atoms with Gasteiger partial charge in [-0.2, -0.15) is 0 Å². The molecule has 0 fully saturated rings. The molecule has 0 rings (SSSR count). The zero-order valence-corrected chi connectivity index (χ0v) is 6.03. The van der Waals surface area contributed by atoms with E-state index >= 15 is 0 Å². The third-order valence-corrected chi connectivity index (χ3v) is 1.11. The van der Waals surface area contributed by atoms with Gasteiger partial charge >= 0.3 is 0 Å².